The summed E-state index contributed by atoms with van der Waals surface area (Å²) >= 11 is 6.04. The number of nitrogens with zero attached hydrogens (tertiary/aromatic N) is 1. The topological polar surface area (TPSA) is 34.1 Å². The maximum Gasteiger partial charge on any atom is 0.217 e. The molecule has 1 aromatic carbocycles. The SMILES string of the molecule is COc1ncccc1CNC1Cc2ccc(Cl)cc2C1. The van der Waals surface area contributed by atoms with E-state index in [1.807, 2.05) is 18.2 Å². The van der Waals surface area contributed by atoms with E-state index in [2.05, 4.69) is 22.4 Å². The minimum atomic E-state index is 0.452. The predicted molar refractivity (Wildman–Crippen MR) is 80.3 cm³/mol. The fraction of sp³-hybridized carbons (Fsp3) is 0.312. The highest BCUT2D eigenvalue weighted by Crippen LogP contribution is 2.25. The van der Waals surface area contributed by atoms with Gasteiger partial charge in [-0.3, -0.25) is 0 Å². The summed E-state index contributed by atoms with van der Waals surface area (Å²) in [5, 5.41) is 4.39. The van der Waals surface area contributed by atoms with Gasteiger partial charge in [0.15, 0.2) is 0 Å². The van der Waals surface area contributed by atoms with Crippen LogP contribution >= 0.6 is 11.6 Å². The number of fused-ring (bicyclic) bond motifs is 1. The molecule has 1 aliphatic carbocycles. The Hall–Kier alpha value is -1.58. The van der Waals surface area contributed by atoms with E-state index < -0.39 is 0 Å². The molecule has 1 atom stereocenters. The number of benzene rings is 1. The van der Waals surface area contributed by atoms with Gasteiger partial charge in [-0.1, -0.05) is 23.7 Å². The zero-order chi connectivity index (χ0) is 13.9. The van der Waals surface area contributed by atoms with E-state index in [1.54, 1.807) is 13.3 Å². The van der Waals surface area contributed by atoms with Gasteiger partial charge in [0.05, 0.1) is 7.11 Å². The molecule has 0 fully saturated rings. The maximum atomic E-state index is 6.04. The van der Waals surface area contributed by atoms with E-state index in [0.717, 1.165) is 30.0 Å². The Kier molecular flexibility index (Phi) is 3.90. The second kappa shape index (κ2) is 5.81. The summed E-state index contributed by atoms with van der Waals surface area (Å²) in [6, 6.07) is 10.6. The van der Waals surface area contributed by atoms with Crippen LogP contribution in [0, 0.1) is 0 Å². The van der Waals surface area contributed by atoms with Crippen LogP contribution in [0.5, 0.6) is 5.88 Å². The number of methoxy groups -OCH3 is 1. The lowest BCUT2D eigenvalue weighted by Gasteiger charge is -2.13. The smallest absolute Gasteiger partial charge is 0.217 e. The summed E-state index contributed by atoms with van der Waals surface area (Å²) in [6.07, 6.45) is 3.82. The van der Waals surface area contributed by atoms with Gasteiger partial charge >= 0.3 is 0 Å². The lowest BCUT2D eigenvalue weighted by Crippen LogP contribution is -2.29. The van der Waals surface area contributed by atoms with Crippen molar-refractivity contribution in [1.82, 2.24) is 10.3 Å². The van der Waals surface area contributed by atoms with Crippen LogP contribution < -0.4 is 10.1 Å². The first kappa shape index (κ1) is 13.4. The molecule has 0 amide bonds. The third-order valence-electron chi connectivity index (χ3n) is 3.73. The van der Waals surface area contributed by atoms with Crippen molar-refractivity contribution in [2.24, 2.45) is 0 Å². The molecule has 0 saturated carbocycles. The van der Waals surface area contributed by atoms with Crippen LogP contribution in [0.4, 0.5) is 0 Å². The van der Waals surface area contributed by atoms with Crippen molar-refractivity contribution in [2.45, 2.75) is 25.4 Å². The van der Waals surface area contributed by atoms with Gasteiger partial charge in [0.25, 0.3) is 0 Å². The second-order valence-corrected chi connectivity index (χ2v) is 5.51. The summed E-state index contributed by atoms with van der Waals surface area (Å²) in [4.78, 5) is 4.21. The van der Waals surface area contributed by atoms with Crippen molar-refractivity contribution in [3.05, 3.63) is 58.2 Å². The van der Waals surface area contributed by atoms with Crippen molar-refractivity contribution >= 4 is 11.6 Å². The predicted octanol–water partition coefficient (Wildman–Crippen LogP) is 3.00. The molecule has 3 nitrogen and oxygen atoms in total. The number of rotatable bonds is 4. The highest BCUT2D eigenvalue weighted by atomic mass is 35.5. The van der Waals surface area contributed by atoms with E-state index in [1.165, 1.54) is 11.1 Å². The zero-order valence-corrected chi connectivity index (χ0v) is 12.2. The minimum Gasteiger partial charge on any atom is -0.481 e. The Balaban J connectivity index is 1.64. The molecule has 4 heteroatoms. The second-order valence-electron chi connectivity index (χ2n) is 5.07. The third kappa shape index (κ3) is 2.79. The Morgan fingerprint density at radius 1 is 1.30 bits per heavy atom. The number of aromatic nitrogens is 1. The Labute approximate surface area is 123 Å². The molecular formula is C16H17ClN2O. The number of ether oxygens (including phenoxy) is 1. The molecule has 0 saturated heterocycles. The van der Waals surface area contributed by atoms with Gasteiger partial charge < -0.3 is 10.1 Å². The first-order valence-electron chi connectivity index (χ1n) is 6.75. The zero-order valence-electron chi connectivity index (χ0n) is 11.4. The van der Waals surface area contributed by atoms with Gasteiger partial charge in [-0.25, -0.2) is 4.98 Å². The Morgan fingerprint density at radius 2 is 2.15 bits per heavy atom. The van der Waals surface area contributed by atoms with E-state index in [9.17, 15) is 0 Å². The monoisotopic (exact) mass is 288 g/mol. The molecule has 0 bridgehead atoms. The lowest BCUT2D eigenvalue weighted by molar-refractivity contribution is 0.388. The molecule has 1 aromatic heterocycles. The van der Waals surface area contributed by atoms with Gasteiger partial charge in [0.2, 0.25) is 5.88 Å². The largest absolute Gasteiger partial charge is 0.481 e. The fourth-order valence-electron chi connectivity index (χ4n) is 2.73. The molecular weight excluding hydrogens is 272 g/mol. The van der Waals surface area contributed by atoms with Crippen LogP contribution in [-0.4, -0.2) is 18.1 Å². The quantitative estimate of drug-likeness (QED) is 0.939. The molecule has 104 valence electrons. The third-order valence-corrected chi connectivity index (χ3v) is 3.96. The highest BCUT2D eigenvalue weighted by Gasteiger charge is 2.21. The Bertz CT molecular complexity index is 615. The van der Waals surface area contributed by atoms with Crippen molar-refractivity contribution in [3.63, 3.8) is 0 Å². The summed E-state index contributed by atoms with van der Waals surface area (Å²) < 4.78 is 5.27. The molecule has 0 spiro atoms. The van der Waals surface area contributed by atoms with Crippen molar-refractivity contribution < 1.29 is 4.74 Å². The molecule has 3 rings (SSSR count). The maximum absolute atomic E-state index is 6.04. The van der Waals surface area contributed by atoms with Crippen LogP contribution in [0.2, 0.25) is 5.02 Å². The summed E-state index contributed by atoms with van der Waals surface area (Å²) in [5.41, 5.74) is 3.84. The van der Waals surface area contributed by atoms with Crippen LogP contribution in [-0.2, 0) is 19.4 Å². The standard InChI is InChI=1S/C16H17ClN2O/c1-20-16-12(3-2-6-18-16)10-19-15-8-11-4-5-14(17)7-13(11)9-15/h2-7,15,19H,8-10H2,1H3. The van der Waals surface area contributed by atoms with Crippen molar-refractivity contribution in [3.8, 4) is 5.88 Å². The molecule has 2 aromatic rings. The van der Waals surface area contributed by atoms with Crippen molar-refractivity contribution in [2.75, 3.05) is 7.11 Å². The fourth-order valence-corrected chi connectivity index (χ4v) is 2.92. The number of hydrogen-bond donors (Lipinski definition) is 1. The number of halogens is 1. The summed E-state index contributed by atoms with van der Waals surface area (Å²) in [6.45, 7) is 0.767. The first-order chi connectivity index (χ1) is 9.76. The van der Waals surface area contributed by atoms with E-state index in [0.29, 0.717) is 11.9 Å². The lowest BCUT2D eigenvalue weighted by atomic mass is 10.1. The number of nitrogens with one attached hydrogen (secondary N) is 1. The molecule has 20 heavy (non-hydrogen) atoms. The normalized spacial score (nSPS) is 17.0. The van der Waals surface area contributed by atoms with Crippen molar-refractivity contribution in [1.29, 1.82) is 0 Å². The van der Waals surface area contributed by atoms with Gasteiger partial charge in [-0.15, -0.1) is 0 Å². The van der Waals surface area contributed by atoms with E-state index in [4.69, 9.17) is 16.3 Å². The molecule has 0 aliphatic heterocycles. The Morgan fingerprint density at radius 3 is 3.00 bits per heavy atom. The van der Waals surface area contributed by atoms with Crippen LogP contribution in [0.1, 0.15) is 16.7 Å². The van der Waals surface area contributed by atoms with Gasteiger partial charge in [-0.05, 0) is 42.2 Å². The van der Waals surface area contributed by atoms with Crippen LogP contribution in [0.3, 0.4) is 0 Å². The number of pyridine rings is 1. The van der Waals surface area contributed by atoms with Gasteiger partial charge in [0, 0.05) is 29.4 Å². The average molecular weight is 289 g/mol. The van der Waals surface area contributed by atoms with Crippen LogP contribution in [0.15, 0.2) is 36.5 Å². The summed E-state index contributed by atoms with van der Waals surface area (Å²) in [7, 11) is 1.65. The summed E-state index contributed by atoms with van der Waals surface area (Å²) in [5.74, 6) is 0.693. The molecule has 0 radical (unpaired) electrons. The molecule has 1 heterocycles. The van der Waals surface area contributed by atoms with E-state index >= 15 is 0 Å². The molecule has 1 N–H and O–H groups in total. The van der Waals surface area contributed by atoms with Gasteiger partial charge in [-0.2, -0.15) is 0 Å². The molecule has 1 unspecified atom stereocenters. The molecule has 1 aliphatic rings. The van der Waals surface area contributed by atoms with Gasteiger partial charge in [0.1, 0.15) is 0 Å². The highest BCUT2D eigenvalue weighted by molar-refractivity contribution is 6.30. The average Bonchev–Trinajstić information content (AvgIpc) is 2.87. The van der Waals surface area contributed by atoms with Crippen LogP contribution in [0.25, 0.3) is 0 Å². The first-order valence-corrected chi connectivity index (χ1v) is 7.12. The van der Waals surface area contributed by atoms with E-state index in [-0.39, 0.29) is 0 Å². The number of hydrogen-bond acceptors (Lipinski definition) is 3. The minimum absolute atomic E-state index is 0.452.